The van der Waals surface area contributed by atoms with E-state index in [0.717, 1.165) is 18.1 Å². The van der Waals surface area contributed by atoms with Crippen LogP contribution in [0.4, 0.5) is 9.93 Å². The first kappa shape index (κ1) is 13.6. The first-order valence-corrected chi connectivity index (χ1v) is 6.91. The van der Waals surface area contributed by atoms with Crippen molar-refractivity contribution in [3.63, 3.8) is 0 Å². The fourth-order valence-corrected chi connectivity index (χ4v) is 2.77. The molecule has 7 nitrogen and oxygen atoms in total. The molecule has 0 spiro atoms. The van der Waals surface area contributed by atoms with Gasteiger partial charge in [0.15, 0.2) is 5.13 Å². The minimum absolute atomic E-state index is 0.0416. The van der Waals surface area contributed by atoms with Gasteiger partial charge in [-0.05, 0) is 13.3 Å². The van der Waals surface area contributed by atoms with Crippen LogP contribution in [0.1, 0.15) is 23.8 Å². The smallest absolute Gasteiger partial charge is 0.407 e. The predicted octanol–water partition coefficient (Wildman–Crippen LogP) is 0.567. The Morgan fingerprint density at radius 1 is 1.68 bits per heavy atom. The van der Waals surface area contributed by atoms with Gasteiger partial charge >= 0.3 is 6.09 Å². The van der Waals surface area contributed by atoms with E-state index in [4.69, 9.17) is 10.5 Å². The van der Waals surface area contributed by atoms with E-state index in [9.17, 15) is 9.59 Å². The normalized spacial score (nSPS) is 18.4. The van der Waals surface area contributed by atoms with Crippen LogP contribution in [0, 0.1) is 0 Å². The Kier molecular flexibility index (Phi) is 4.20. The van der Waals surface area contributed by atoms with Gasteiger partial charge in [0.1, 0.15) is 5.69 Å². The Morgan fingerprint density at radius 2 is 2.47 bits per heavy atom. The average Bonchev–Trinajstić information content (AvgIpc) is 2.96. The molecule has 0 bridgehead atoms. The molecule has 1 atom stereocenters. The zero-order valence-corrected chi connectivity index (χ0v) is 11.4. The van der Waals surface area contributed by atoms with Crippen LogP contribution >= 0.6 is 11.3 Å². The van der Waals surface area contributed by atoms with E-state index < -0.39 is 12.0 Å². The van der Waals surface area contributed by atoms with E-state index >= 15 is 0 Å². The number of nitrogens with zero attached hydrogens (tertiary/aromatic N) is 2. The van der Waals surface area contributed by atoms with Crippen molar-refractivity contribution in [2.45, 2.75) is 19.4 Å². The van der Waals surface area contributed by atoms with Gasteiger partial charge in [0.25, 0.3) is 5.91 Å². The third kappa shape index (κ3) is 3.34. The van der Waals surface area contributed by atoms with E-state index in [-0.39, 0.29) is 11.7 Å². The Bertz CT molecular complexity index is 476. The van der Waals surface area contributed by atoms with Crippen LogP contribution in [0.25, 0.3) is 0 Å². The highest BCUT2D eigenvalue weighted by molar-refractivity contribution is 7.13. The second-order valence-electron chi connectivity index (χ2n) is 4.18. The van der Waals surface area contributed by atoms with Crippen molar-refractivity contribution >= 4 is 28.5 Å². The number of nitrogens with one attached hydrogen (secondary N) is 1. The molecular weight excluding hydrogens is 268 g/mol. The van der Waals surface area contributed by atoms with Crippen molar-refractivity contribution < 1.29 is 14.3 Å². The number of carbonyl (C=O) groups excluding carboxylic acids is 2. The van der Waals surface area contributed by atoms with Gasteiger partial charge in [0, 0.05) is 18.5 Å². The number of rotatable bonds is 4. The molecule has 2 amide bonds. The average molecular weight is 284 g/mol. The number of amides is 2. The summed E-state index contributed by atoms with van der Waals surface area (Å²) in [6.07, 6.45) is 0.427. The Hall–Kier alpha value is -1.83. The van der Waals surface area contributed by atoms with Crippen LogP contribution in [-0.4, -0.2) is 42.7 Å². The molecule has 3 N–H and O–H groups in total. The fraction of sp³-hybridized carbons (Fsp3) is 0.545. The molecule has 19 heavy (non-hydrogen) atoms. The number of hydrogen-bond donors (Lipinski definition) is 2. The lowest BCUT2D eigenvalue weighted by Crippen LogP contribution is -2.37. The number of thiazole rings is 1. The summed E-state index contributed by atoms with van der Waals surface area (Å²) in [7, 11) is 0. The molecule has 8 heteroatoms. The number of alkyl carbamates (subject to hydrolysis) is 1. The van der Waals surface area contributed by atoms with Crippen molar-refractivity contribution in [1.29, 1.82) is 0 Å². The van der Waals surface area contributed by atoms with Gasteiger partial charge < -0.3 is 20.7 Å². The molecule has 2 heterocycles. The van der Waals surface area contributed by atoms with Gasteiger partial charge in [-0.15, -0.1) is 11.3 Å². The van der Waals surface area contributed by atoms with Crippen molar-refractivity contribution in [3.8, 4) is 0 Å². The minimum Gasteiger partial charge on any atom is -0.450 e. The second-order valence-corrected chi connectivity index (χ2v) is 5.01. The number of aromatic nitrogens is 1. The zero-order chi connectivity index (χ0) is 13.8. The van der Waals surface area contributed by atoms with Crippen LogP contribution in [-0.2, 0) is 4.74 Å². The topological polar surface area (TPSA) is 97.6 Å². The molecule has 1 fully saturated rings. The standard InChI is InChI=1S/C11H16N4O3S/c1-2-18-11(17)13-7-3-4-15(5-7)10-14-8(6-19-10)9(12)16/h6-7H,2-5H2,1H3,(H2,12,16)(H,13,17). The molecule has 1 aromatic rings. The molecule has 1 aliphatic heterocycles. The van der Waals surface area contributed by atoms with Crippen LogP contribution in [0.2, 0.25) is 0 Å². The quantitative estimate of drug-likeness (QED) is 0.842. The maximum absolute atomic E-state index is 11.3. The van der Waals surface area contributed by atoms with Crippen molar-refractivity contribution in [2.75, 3.05) is 24.6 Å². The summed E-state index contributed by atoms with van der Waals surface area (Å²) in [5, 5.41) is 5.19. The van der Waals surface area contributed by atoms with Gasteiger partial charge in [0.2, 0.25) is 0 Å². The third-order valence-electron chi connectivity index (χ3n) is 2.80. The van der Waals surface area contributed by atoms with Crippen molar-refractivity contribution in [3.05, 3.63) is 11.1 Å². The highest BCUT2D eigenvalue weighted by Crippen LogP contribution is 2.24. The van der Waals surface area contributed by atoms with Gasteiger partial charge in [-0.2, -0.15) is 0 Å². The number of nitrogens with two attached hydrogens (primary N) is 1. The summed E-state index contributed by atoms with van der Waals surface area (Å²) in [4.78, 5) is 28.5. The fourth-order valence-electron chi connectivity index (χ4n) is 1.91. The number of ether oxygens (including phenoxy) is 1. The minimum atomic E-state index is -0.525. The first-order chi connectivity index (χ1) is 9.10. The summed E-state index contributed by atoms with van der Waals surface area (Å²) >= 11 is 1.38. The molecule has 1 unspecified atom stereocenters. The first-order valence-electron chi connectivity index (χ1n) is 6.03. The van der Waals surface area contributed by atoms with Crippen molar-refractivity contribution in [1.82, 2.24) is 10.3 Å². The summed E-state index contributed by atoms with van der Waals surface area (Å²) in [6, 6.07) is 0.0416. The van der Waals surface area contributed by atoms with Gasteiger partial charge in [-0.3, -0.25) is 4.79 Å². The lowest BCUT2D eigenvalue weighted by molar-refractivity contribution is 0.0996. The molecule has 1 aromatic heterocycles. The van der Waals surface area contributed by atoms with E-state index in [1.807, 2.05) is 4.90 Å². The summed E-state index contributed by atoms with van der Waals surface area (Å²) in [5.41, 5.74) is 5.44. The van der Waals surface area contributed by atoms with E-state index in [1.54, 1.807) is 12.3 Å². The number of primary amides is 1. The summed E-state index contributed by atoms with van der Waals surface area (Å²) in [5.74, 6) is -0.525. The molecule has 0 radical (unpaired) electrons. The van der Waals surface area contributed by atoms with Gasteiger partial charge in [-0.25, -0.2) is 9.78 Å². The zero-order valence-electron chi connectivity index (χ0n) is 10.6. The highest BCUT2D eigenvalue weighted by atomic mass is 32.1. The molecular formula is C11H16N4O3S. The Morgan fingerprint density at radius 3 is 3.11 bits per heavy atom. The molecule has 2 rings (SSSR count). The molecule has 1 aliphatic rings. The SMILES string of the molecule is CCOC(=O)NC1CCN(c2nc(C(N)=O)cs2)C1. The molecule has 0 saturated carbocycles. The Labute approximate surface area is 114 Å². The molecule has 0 aliphatic carbocycles. The Balaban J connectivity index is 1.90. The number of carbonyl (C=O) groups is 2. The predicted molar refractivity (Wildman–Crippen MR) is 71.4 cm³/mol. The van der Waals surface area contributed by atoms with E-state index in [2.05, 4.69) is 10.3 Å². The number of hydrogen-bond acceptors (Lipinski definition) is 6. The molecule has 0 aromatic carbocycles. The van der Waals surface area contributed by atoms with Crippen LogP contribution in [0.3, 0.4) is 0 Å². The maximum Gasteiger partial charge on any atom is 0.407 e. The highest BCUT2D eigenvalue weighted by Gasteiger charge is 2.26. The monoisotopic (exact) mass is 284 g/mol. The van der Waals surface area contributed by atoms with Gasteiger partial charge in [0.05, 0.1) is 12.6 Å². The lowest BCUT2D eigenvalue weighted by Gasteiger charge is -2.15. The maximum atomic E-state index is 11.3. The largest absolute Gasteiger partial charge is 0.450 e. The van der Waals surface area contributed by atoms with Crippen LogP contribution in [0.5, 0.6) is 0 Å². The summed E-state index contributed by atoms with van der Waals surface area (Å²) in [6.45, 7) is 3.56. The van der Waals surface area contributed by atoms with Gasteiger partial charge in [-0.1, -0.05) is 0 Å². The molecule has 104 valence electrons. The van der Waals surface area contributed by atoms with E-state index in [0.29, 0.717) is 13.2 Å². The lowest BCUT2D eigenvalue weighted by atomic mass is 10.3. The number of anilines is 1. The second kappa shape index (κ2) is 5.87. The van der Waals surface area contributed by atoms with Crippen LogP contribution in [0.15, 0.2) is 5.38 Å². The third-order valence-corrected chi connectivity index (χ3v) is 3.70. The summed E-state index contributed by atoms with van der Waals surface area (Å²) < 4.78 is 4.84. The van der Waals surface area contributed by atoms with Crippen molar-refractivity contribution in [2.24, 2.45) is 5.73 Å². The van der Waals surface area contributed by atoms with Crippen LogP contribution < -0.4 is 16.0 Å². The molecule has 1 saturated heterocycles. The van der Waals surface area contributed by atoms with E-state index in [1.165, 1.54) is 11.3 Å².